The fraction of sp³-hybridized carbons (Fsp3) is 0.318. The summed E-state index contributed by atoms with van der Waals surface area (Å²) in [5.41, 5.74) is 0.211. The number of benzene rings is 2. The van der Waals surface area contributed by atoms with Crippen LogP contribution in [-0.2, 0) is 22.1 Å². The Balaban J connectivity index is 1.98. The average molecular weight is 406 g/mol. The van der Waals surface area contributed by atoms with Crippen LogP contribution in [0.1, 0.15) is 30.5 Å². The molecule has 1 unspecified atom stereocenters. The maximum absolute atomic E-state index is 12.7. The number of alkyl halides is 3. The van der Waals surface area contributed by atoms with E-state index in [4.69, 9.17) is 9.47 Å². The van der Waals surface area contributed by atoms with Crippen LogP contribution in [0.3, 0.4) is 0 Å². The molecule has 0 saturated carbocycles. The van der Waals surface area contributed by atoms with Crippen molar-refractivity contribution in [2.24, 2.45) is 0 Å². The highest BCUT2D eigenvalue weighted by Gasteiger charge is 2.30. The number of ether oxygens (including phenoxy) is 2. The van der Waals surface area contributed by atoms with Gasteiger partial charge in [-0.3, -0.25) is 0 Å². The molecule has 154 valence electrons. The van der Waals surface area contributed by atoms with Gasteiger partial charge in [0.2, 0.25) is 0 Å². The van der Waals surface area contributed by atoms with Gasteiger partial charge in [0.15, 0.2) is 6.10 Å². The van der Waals surface area contributed by atoms with Crippen molar-refractivity contribution in [1.29, 1.82) is 0 Å². The van der Waals surface area contributed by atoms with Crippen molar-refractivity contribution < 1.29 is 32.5 Å². The predicted octanol–water partition coefficient (Wildman–Crippen LogP) is 4.56. The van der Waals surface area contributed by atoms with Crippen LogP contribution in [-0.4, -0.2) is 29.9 Å². The molecule has 2 aromatic rings. The predicted molar refractivity (Wildman–Crippen MR) is 102 cm³/mol. The third-order valence-corrected chi connectivity index (χ3v) is 3.77. The molecule has 0 spiro atoms. The number of hydrogen-bond donors (Lipinski definition) is 1. The molecule has 0 aromatic heterocycles. The minimum Gasteiger partial charge on any atom is -0.481 e. The number of rotatable bonds is 7. The van der Waals surface area contributed by atoms with E-state index in [9.17, 15) is 23.1 Å². The number of carbonyl (C=O) groups is 1. The van der Waals surface area contributed by atoms with Gasteiger partial charge in [-0.25, -0.2) is 4.79 Å². The Morgan fingerprint density at radius 3 is 2.52 bits per heavy atom. The molecular weight excluding hydrogens is 385 g/mol. The lowest BCUT2D eigenvalue weighted by molar-refractivity contribution is -0.153. The van der Waals surface area contributed by atoms with Crippen molar-refractivity contribution in [3.8, 4) is 17.6 Å². The summed E-state index contributed by atoms with van der Waals surface area (Å²) in [6.07, 6.45) is -5.42. The molecule has 2 aromatic carbocycles. The Bertz CT molecular complexity index is 895. The molecule has 29 heavy (non-hydrogen) atoms. The normalized spacial score (nSPS) is 12.2. The molecule has 0 saturated heterocycles. The van der Waals surface area contributed by atoms with E-state index < -0.39 is 23.8 Å². The standard InChI is InChI=1S/C22H21F3O4/c1-15(2)29-20(21(26)27)14-17-7-4-10-19(13-17)28-11-5-8-16-6-3-9-18(12-16)22(23,24)25/h3-4,6-7,9-10,12-13,15,20H,11,14H2,1-2H3,(H,26,27). The van der Waals surface area contributed by atoms with Crippen molar-refractivity contribution in [2.45, 2.75) is 38.7 Å². The lowest BCUT2D eigenvalue weighted by atomic mass is 10.1. The summed E-state index contributed by atoms with van der Waals surface area (Å²) in [4.78, 5) is 11.3. The minimum atomic E-state index is -4.41. The molecule has 0 aliphatic heterocycles. The lowest BCUT2D eigenvalue weighted by Gasteiger charge is -2.16. The van der Waals surface area contributed by atoms with Crippen LogP contribution in [0, 0.1) is 11.8 Å². The van der Waals surface area contributed by atoms with Gasteiger partial charge in [0.25, 0.3) is 0 Å². The number of carboxylic acids is 1. The third kappa shape index (κ3) is 7.51. The van der Waals surface area contributed by atoms with E-state index in [0.717, 1.165) is 17.7 Å². The molecule has 1 atom stereocenters. The highest BCUT2D eigenvalue weighted by molar-refractivity contribution is 5.72. The van der Waals surface area contributed by atoms with Gasteiger partial charge < -0.3 is 14.6 Å². The van der Waals surface area contributed by atoms with E-state index >= 15 is 0 Å². The molecule has 0 amide bonds. The van der Waals surface area contributed by atoms with E-state index in [0.29, 0.717) is 5.75 Å². The van der Waals surface area contributed by atoms with Crippen LogP contribution in [0.25, 0.3) is 0 Å². The fourth-order valence-electron chi connectivity index (χ4n) is 2.53. The zero-order valence-electron chi connectivity index (χ0n) is 16.0. The SMILES string of the molecule is CC(C)OC(Cc1cccc(OCC#Cc2cccc(C(F)(F)F)c2)c1)C(=O)O. The Labute approximate surface area is 167 Å². The summed E-state index contributed by atoms with van der Waals surface area (Å²) in [5.74, 6) is 4.75. The van der Waals surface area contributed by atoms with Gasteiger partial charge in [-0.15, -0.1) is 0 Å². The zero-order chi connectivity index (χ0) is 21.4. The second-order valence-electron chi connectivity index (χ2n) is 6.53. The summed E-state index contributed by atoms with van der Waals surface area (Å²) in [6, 6.07) is 11.6. The quantitative estimate of drug-likeness (QED) is 0.685. The number of halogens is 3. The van der Waals surface area contributed by atoms with Gasteiger partial charge in [-0.2, -0.15) is 13.2 Å². The minimum absolute atomic E-state index is 0.0233. The molecule has 4 nitrogen and oxygen atoms in total. The number of aliphatic carboxylic acids is 1. The maximum Gasteiger partial charge on any atom is 0.416 e. The first-order valence-electron chi connectivity index (χ1n) is 8.91. The van der Waals surface area contributed by atoms with E-state index in [1.807, 2.05) is 0 Å². The first-order valence-corrected chi connectivity index (χ1v) is 8.91. The van der Waals surface area contributed by atoms with Crippen molar-refractivity contribution in [3.05, 3.63) is 65.2 Å². The van der Waals surface area contributed by atoms with Gasteiger partial charge in [-0.05, 0) is 49.7 Å². The fourth-order valence-corrected chi connectivity index (χ4v) is 2.53. The van der Waals surface area contributed by atoms with Crippen LogP contribution in [0.2, 0.25) is 0 Å². The molecule has 0 fully saturated rings. The zero-order valence-corrected chi connectivity index (χ0v) is 16.0. The molecule has 7 heteroatoms. The third-order valence-electron chi connectivity index (χ3n) is 3.77. The highest BCUT2D eigenvalue weighted by atomic mass is 19.4. The first-order chi connectivity index (χ1) is 13.6. The Morgan fingerprint density at radius 2 is 1.86 bits per heavy atom. The molecule has 0 heterocycles. The lowest BCUT2D eigenvalue weighted by Crippen LogP contribution is -2.29. The summed E-state index contributed by atoms with van der Waals surface area (Å²) in [7, 11) is 0. The largest absolute Gasteiger partial charge is 0.481 e. The first kappa shape index (κ1) is 22.3. The maximum atomic E-state index is 12.7. The van der Waals surface area contributed by atoms with E-state index in [2.05, 4.69) is 11.8 Å². The monoisotopic (exact) mass is 406 g/mol. The van der Waals surface area contributed by atoms with Crippen molar-refractivity contribution in [3.63, 3.8) is 0 Å². The summed E-state index contributed by atoms with van der Waals surface area (Å²) < 4.78 is 49.0. The van der Waals surface area contributed by atoms with Crippen molar-refractivity contribution in [2.75, 3.05) is 6.61 Å². The summed E-state index contributed by atoms with van der Waals surface area (Å²) in [6.45, 7) is 3.50. The van der Waals surface area contributed by atoms with Crippen LogP contribution in [0.4, 0.5) is 13.2 Å². The molecule has 0 radical (unpaired) electrons. The Kier molecular flexibility index (Phi) is 7.68. The number of carboxylic acid groups (broad SMARTS) is 1. The van der Waals surface area contributed by atoms with Crippen molar-refractivity contribution in [1.82, 2.24) is 0 Å². The van der Waals surface area contributed by atoms with Gasteiger partial charge in [0, 0.05) is 12.0 Å². The van der Waals surface area contributed by atoms with Gasteiger partial charge in [-0.1, -0.05) is 30.0 Å². The van der Waals surface area contributed by atoms with E-state index in [1.165, 1.54) is 12.1 Å². The molecule has 0 aliphatic rings. The smallest absolute Gasteiger partial charge is 0.416 e. The molecule has 2 rings (SSSR count). The van der Waals surface area contributed by atoms with E-state index in [-0.39, 0.29) is 24.7 Å². The summed E-state index contributed by atoms with van der Waals surface area (Å²) >= 11 is 0. The molecule has 0 aliphatic carbocycles. The Morgan fingerprint density at radius 1 is 1.14 bits per heavy atom. The van der Waals surface area contributed by atoms with Crippen LogP contribution >= 0.6 is 0 Å². The Hall–Kier alpha value is -2.98. The second kappa shape index (κ2) is 9.99. The van der Waals surface area contributed by atoms with Crippen LogP contribution < -0.4 is 4.74 Å². The van der Waals surface area contributed by atoms with Crippen LogP contribution in [0.15, 0.2) is 48.5 Å². The number of hydrogen-bond acceptors (Lipinski definition) is 3. The summed E-state index contributed by atoms with van der Waals surface area (Å²) in [5, 5.41) is 9.26. The second-order valence-corrected chi connectivity index (χ2v) is 6.53. The average Bonchev–Trinajstić information content (AvgIpc) is 2.64. The van der Waals surface area contributed by atoms with Gasteiger partial charge >= 0.3 is 12.1 Å². The molecular formula is C22H21F3O4. The topological polar surface area (TPSA) is 55.8 Å². The van der Waals surface area contributed by atoms with Gasteiger partial charge in [0.1, 0.15) is 12.4 Å². The molecule has 1 N–H and O–H groups in total. The molecule has 0 bridgehead atoms. The van der Waals surface area contributed by atoms with Crippen LogP contribution in [0.5, 0.6) is 5.75 Å². The highest BCUT2D eigenvalue weighted by Crippen LogP contribution is 2.29. The van der Waals surface area contributed by atoms with Gasteiger partial charge in [0.05, 0.1) is 11.7 Å². The van der Waals surface area contributed by atoms with E-state index in [1.54, 1.807) is 38.1 Å². The van der Waals surface area contributed by atoms with Crippen molar-refractivity contribution >= 4 is 5.97 Å².